The minimum atomic E-state index is -0.906. The zero-order chi connectivity index (χ0) is 22.7. The van der Waals surface area contributed by atoms with Gasteiger partial charge in [-0.1, -0.05) is 55.1 Å². The topological polar surface area (TPSA) is 104 Å². The molecule has 3 aromatic rings. The molecule has 1 aromatic heterocycles. The van der Waals surface area contributed by atoms with Gasteiger partial charge in [0.15, 0.2) is 5.16 Å². The Morgan fingerprint density at radius 2 is 1.91 bits per heavy atom. The molecular formula is C24H24N4O3S. The van der Waals surface area contributed by atoms with Crippen molar-refractivity contribution in [1.29, 1.82) is 0 Å². The van der Waals surface area contributed by atoms with E-state index in [0.717, 1.165) is 23.1 Å². The van der Waals surface area contributed by atoms with Gasteiger partial charge in [-0.15, -0.1) is 0 Å². The summed E-state index contributed by atoms with van der Waals surface area (Å²) in [6.07, 6.45) is 0.794. The van der Waals surface area contributed by atoms with Crippen molar-refractivity contribution in [3.63, 3.8) is 0 Å². The van der Waals surface area contributed by atoms with E-state index in [9.17, 15) is 14.4 Å². The van der Waals surface area contributed by atoms with Crippen LogP contribution in [0, 0.1) is 6.92 Å². The average molecular weight is 449 g/mol. The van der Waals surface area contributed by atoms with Gasteiger partial charge in [0.2, 0.25) is 11.8 Å². The number of amides is 2. The molecule has 7 nitrogen and oxygen atoms in total. The van der Waals surface area contributed by atoms with Gasteiger partial charge >= 0.3 is 0 Å². The van der Waals surface area contributed by atoms with Gasteiger partial charge in [-0.2, -0.15) is 0 Å². The molecule has 0 unspecified atom stereocenters. The van der Waals surface area contributed by atoms with E-state index in [1.54, 1.807) is 0 Å². The number of aromatic nitrogens is 2. The van der Waals surface area contributed by atoms with Crippen molar-refractivity contribution in [3.05, 3.63) is 81.1 Å². The van der Waals surface area contributed by atoms with Crippen molar-refractivity contribution >= 4 is 35.1 Å². The molecule has 2 aromatic carbocycles. The first-order valence-electron chi connectivity index (χ1n) is 10.5. The molecule has 1 aliphatic heterocycles. The summed E-state index contributed by atoms with van der Waals surface area (Å²) in [5.41, 5.74) is 3.83. The molecular weight excluding hydrogens is 424 g/mol. The smallest absolute Gasteiger partial charge is 0.257 e. The van der Waals surface area contributed by atoms with Crippen molar-refractivity contribution < 1.29 is 9.59 Å². The summed E-state index contributed by atoms with van der Waals surface area (Å²) < 4.78 is 0. The Morgan fingerprint density at radius 1 is 1.16 bits per heavy atom. The van der Waals surface area contributed by atoms with E-state index in [-0.39, 0.29) is 23.7 Å². The van der Waals surface area contributed by atoms with E-state index in [2.05, 4.69) is 27.5 Å². The van der Waals surface area contributed by atoms with E-state index in [4.69, 9.17) is 0 Å². The first-order valence-corrected chi connectivity index (χ1v) is 11.4. The van der Waals surface area contributed by atoms with Crippen LogP contribution in [0.25, 0.3) is 0 Å². The molecule has 4 rings (SSSR count). The average Bonchev–Trinajstić information content (AvgIpc) is 2.78. The lowest BCUT2D eigenvalue weighted by Gasteiger charge is -2.23. The number of carbonyl (C=O) groups excluding carboxylic acids is 2. The van der Waals surface area contributed by atoms with E-state index in [0.29, 0.717) is 16.6 Å². The third-order valence-electron chi connectivity index (χ3n) is 5.50. The number of nitrogens with one attached hydrogen (secondary N) is 3. The summed E-state index contributed by atoms with van der Waals surface area (Å²) in [5, 5.41) is 5.86. The number of fused-ring (bicyclic) bond motifs is 1. The molecule has 32 heavy (non-hydrogen) atoms. The first-order chi connectivity index (χ1) is 15.4. The molecule has 0 aliphatic carbocycles. The molecule has 2 heterocycles. The number of carbonyl (C=O) groups is 2. The number of H-pyrrole nitrogens is 1. The third-order valence-corrected chi connectivity index (χ3v) is 6.42. The molecule has 1 atom stereocenters. The number of nitrogens with zero attached hydrogens (tertiary/aromatic N) is 1. The van der Waals surface area contributed by atoms with Crippen molar-refractivity contribution in [3.8, 4) is 0 Å². The highest BCUT2D eigenvalue weighted by molar-refractivity contribution is 7.98. The van der Waals surface area contributed by atoms with Gasteiger partial charge in [0, 0.05) is 17.9 Å². The monoisotopic (exact) mass is 448 g/mol. The third kappa shape index (κ3) is 4.75. The molecule has 0 saturated carbocycles. The molecule has 164 valence electrons. The summed E-state index contributed by atoms with van der Waals surface area (Å²) in [4.78, 5) is 45.3. The summed E-state index contributed by atoms with van der Waals surface area (Å²) >= 11 is 1.37. The SMILES string of the molecule is CCc1ccc(NC(=O)[C@@H]2CC(=O)Nc3nc(SCc4ccccc4C)[nH]c(=O)c32)cc1. The predicted octanol–water partition coefficient (Wildman–Crippen LogP) is 4.00. The molecule has 0 spiro atoms. The van der Waals surface area contributed by atoms with E-state index in [1.165, 1.54) is 11.8 Å². The second kappa shape index (κ2) is 9.40. The Balaban J connectivity index is 1.56. The number of hydrogen-bond donors (Lipinski definition) is 3. The zero-order valence-corrected chi connectivity index (χ0v) is 18.7. The number of rotatable bonds is 6. The maximum Gasteiger partial charge on any atom is 0.257 e. The minimum Gasteiger partial charge on any atom is -0.326 e. The molecule has 1 aliphatic rings. The standard InChI is InChI=1S/C24H24N4O3S/c1-3-15-8-10-17(11-9-15)25-22(30)18-12-19(29)26-21-20(18)23(31)28-24(27-21)32-13-16-7-5-4-6-14(16)2/h4-11,18H,3,12-13H2,1-2H3,(H,25,30)(H2,26,27,28,29,31)/t18-/m1/s1. The summed E-state index contributed by atoms with van der Waals surface area (Å²) in [6.45, 7) is 4.08. The molecule has 3 N–H and O–H groups in total. The van der Waals surface area contributed by atoms with Gasteiger partial charge in [-0.05, 0) is 42.2 Å². The molecule has 0 fully saturated rings. The van der Waals surface area contributed by atoms with Crippen LogP contribution >= 0.6 is 11.8 Å². The summed E-state index contributed by atoms with van der Waals surface area (Å²) in [5.74, 6) is -0.875. The van der Waals surface area contributed by atoms with Gasteiger partial charge < -0.3 is 15.6 Å². The van der Waals surface area contributed by atoms with Crippen LogP contribution in [0.1, 0.15) is 41.5 Å². The highest BCUT2D eigenvalue weighted by Crippen LogP contribution is 2.31. The Morgan fingerprint density at radius 3 is 2.62 bits per heavy atom. The molecule has 0 saturated heterocycles. The highest BCUT2D eigenvalue weighted by Gasteiger charge is 2.34. The van der Waals surface area contributed by atoms with Crippen molar-refractivity contribution in [2.24, 2.45) is 0 Å². The Labute approximate surface area is 190 Å². The Kier molecular flexibility index (Phi) is 6.41. The van der Waals surface area contributed by atoms with Crippen LogP contribution in [0.3, 0.4) is 0 Å². The molecule has 0 radical (unpaired) electrons. The lowest BCUT2D eigenvalue weighted by atomic mass is 9.92. The number of aromatic amines is 1. The second-order valence-electron chi connectivity index (χ2n) is 7.69. The highest BCUT2D eigenvalue weighted by atomic mass is 32.2. The van der Waals surface area contributed by atoms with Crippen molar-refractivity contribution in [1.82, 2.24) is 9.97 Å². The Bertz CT molecular complexity index is 1220. The minimum absolute atomic E-state index is 0.105. The van der Waals surface area contributed by atoms with Gasteiger partial charge in [0.05, 0.1) is 11.5 Å². The fourth-order valence-electron chi connectivity index (χ4n) is 3.61. The normalized spacial score (nSPS) is 15.1. The fourth-order valence-corrected chi connectivity index (χ4v) is 4.55. The predicted molar refractivity (Wildman–Crippen MR) is 126 cm³/mol. The van der Waals surface area contributed by atoms with Crippen LogP contribution in [0.15, 0.2) is 58.5 Å². The van der Waals surface area contributed by atoms with Crippen LogP contribution in [0.4, 0.5) is 11.5 Å². The van der Waals surface area contributed by atoms with Crippen LogP contribution in [-0.4, -0.2) is 21.8 Å². The Hall–Kier alpha value is -3.39. The van der Waals surface area contributed by atoms with Gasteiger partial charge in [0.1, 0.15) is 5.82 Å². The maximum atomic E-state index is 12.9. The summed E-state index contributed by atoms with van der Waals surface area (Å²) in [6, 6.07) is 15.5. The maximum absolute atomic E-state index is 12.9. The van der Waals surface area contributed by atoms with Crippen LogP contribution in [0.5, 0.6) is 0 Å². The van der Waals surface area contributed by atoms with Crippen molar-refractivity contribution in [2.75, 3.05) is 10.6 Å². The number of aryl methyl sites for hydroxylation is 2. The number of thioether (sulfide) groups is 1. The largest absolute Gasteiger partial charge is 0.326 e. The van der Waals surface area contributed by atoms with E-state index >= 15 is 0 Å². The molecule has 0 bridgehead atoms. The van der Waals surface area contributed by atoms with E-state index < -0.39 is 17.4 Å². The second-order valence-corrected chi connectivity index (χ2v) is 8.66. The lowest BCUT2D eigenvalue weighted by Crippen LogP contribution is -2.36. The molecule has 2 amide bonds. The lowest BCUT2D eigenvalue weighted by molar-refractivity contribution is -0.123. The fraction of sp³-hybridized carbons (Fsp3) is 0.250. The number of benzene rings is 2. The van der Waals surface area contributed by atoms with E-state index in [1.807, 2.05) is 55.5 Å². The zero-order valence-electron chi connectivity index (χ0n) is 17.9. The number of hydrogen-bond acceptors (Lipinski definition) is 5. The molecule has 8 heteroatoms. The summed E-state index contributed by atoms with van der Waals surface area (Å²) in [7, 11) is 0. The van der Waals surface area contributed by atoms with Crippen LogP contribution in [-0.2, 0) is 21.8 Å². The number of anilines is 2. The first kappa shape index (κ1) is 21.8. The van der Waals surface area contributed by atoms with Crippen LogP contribution in [0.2, 0.25) is 0 Å². The van der Waals surface area contributed by atoms with Gasteiger partial charge in [-0.25, -0.2) is 4.98 Å². The van der Waals surface area contributed by atoms with Gasteiger partial charge in [0.25, 0.3) is 5.56 Å². The quantitative estimate of drug-likeness (QED) is 0.391. The van der Waals surface area contributed by atoms with Gasteiger partial charge in [-0.3, -0.25) is 14.4 Å². The van der Waals surface area contributed by atoms with Crippen molar-refractivity contribution in [2.45, 2.75) is 43.5 Å². The van der Waals surface area contributed by atoms with Crippen LogP contribution < -0.4 is 16.2 Å².